The molecular weight excluding hydrogens is 274 g/mol. The van der Waals surface area contributed by atoms with Gasteiger partial charge in [-0.15, -0.1) is 11.3 Å². The Morgan fingerprint density at radius 1 is 1.30 bits per heavy atom. The van der Waals surface area contributed by atoms with Crippen LogP contribution in [-0.4, -0.2) is 23.3 Å². The fourth-order valence-electron chi connectivity index (χ4n) is 1.62. The molecule has 0 aromatic carbocycles. The minimum atomic E-state index is -0.684. The number of pyridine rings is 1. The van der Waals surface area contributed by atoms with Crippen LogP contribution in [-0.2, 0) is 9.59 Å². The van der Waals surface area contributed by atoms with Crippen LogP contribution in [0.1, 0.15) is 17.7 Å². The zero-order valence-electron chi connectivity index (χ0n) is 11.0. The van der Waals surface area contributed by atoms with E-state index in [0.717, 1.165) is 0 Å². The van der Waals surface area contributed by atoms with Crippen LogP contribution in [0.25, 0.3) is 0 Å². The molecule has 6 heteroatoms. The van der Waals surface area contributed by atoms with Crippen molar-refractivity contribution in [2.75, 3.05) is 11.9 Å². The Kier molecular flexibility index (Phi) is 4.84. The van der Waals surface area contributed by atoms with Gasteiger partial charge in [-0.05, 0) is 23.6 Å². The maximum atomic E-state index is 11.7. The summed E-state index contributed by atoms with van der Waals surface area (Å²) in [5, 5.41) is 7.10. The third-order valence-electron chi connectivity index (χ3n) is 2.72. The van der Waals surface area contributed by atoms with Crippen molar-refractivity contribution in [2.45, 2.75) is 12.8 Å². The van der Waals surface area contributed by atoms with Crippen molar-refractivity contribution < 1.29 is 9.59 Å². The molecule has 5 nitrogen and oxygen atoms in total. The summed E-state index contributed by atoms with van der Waals surface area (Å²) in [4.78, 5) is 28.4. The predicted octanol–water partition coefficient (Wildman–Crippen LogP) is 2.00. The number of carbonyl (C=O) groups excluding carboxylic acids is 2. The molecule has 0 spiro atoms. The van der Waals surface area contributed by atoms with E-state index in [1.807, 2.05) is 24.4 Å². The van der Waals surface area contributed by atoms with Gasteiger partial charge in [-0.25, -0.2) is 0 Å². The Hall–Kier alpha value is -2.21. The first-order valence-corrected chi connectivity index (χ1v) is 7.07. The number of carbonyl (C=O) groups is 2. The number of nitrogens with one attached hydrogen (secondary N) is 2. The fourth-order valence-corrected chi connectivity index (χ4v) is 2.41. The number of thiophene rings is 1. The van der Waals surface area contributed by atoms with Crippen LogP contribution in [0.15, 0.2) is 42.0 Å². The lowest BCUT2D eigenvalue weighted by molar-refractivity contribution is -0.136. The standard InChI is InChI=1S/C14H15N3O2S/c1-10(12-5-3-7-20-12)8-16-13(18)14(19)17-11-4-2-6-15-9-11/h2-7,9-10H,8H2,1H3,(H,16,18)(H,17,19). The molecule has 2 heterocycles. The summed E-state index contributed by atoms with van der Waals surface area (Å²) in [5.74, 6) is -1.14. The van der Waals surface area contributed by atoms with Gasteiger partial charge in [0.15, 0.2) is 0 Å². The number of amides is 2. The minimum Gasteiger partial charge on any atom is -0.347 e. The first kappa shape index (κ1) is 14.2. The van der Waals surface area contributed by atoms with Crippen LogP contribution in [0, 0.1) is 0 Å². The van der Waals surface area contributed by atoms with E-state index in [9.17, 15) is 9.59 Å². The largest absolute Gasteiger partial charge is 0.347 e. The van der Waals surface area contributed by atoms with Crippen molar-refractivity contribution in [3.8, 4) is 0 Å². The monoisotopic (exact) mass is 289 g/mol. The third kappa shape index (κ3) is 3.89. The summed E-state index contributed by atoms with van der Waals surface area (Å²) in [6.07, 6.45) is 3.08. The summed E-state index contributed by atoms with van der Waals surface area (Å²) in [6, 6.07) is 7.34. The summed E-state index contributed by atoms with van der Waals surface area (Å²) in [7, 11) is 0. The van der Waals surface area contributed by atoms with E-state index in [4.69, 9.17) is 0 Å². The fraction of sp³-hybridized carbons (Fsp3) is 0.214. The van der Waals surface area contributed by atoms with Crippen LogP contribution in [0.2, 0.25) is 0 Å². The molecule has 2 aromatic rings. The van der Waals surface area contributed by atoms with Crippen LogP contribution >= 0.6 is 11.3 Å². The van der Waals surface area contributed by atoms with E-state index >= 15 is 0 Å². The zero-order valence-corrected chi connectivity index (χ0v) is 11.8. The number of nitrogens with zero attached hydrogens (tertiary/aromatic N) is 1. The van der Waals surface area contributed by atoms with Crippen molar-refractivity contribution in [2.24, 2.45) is 0 Å². The highest BCUT2D eigenvalue weighted by Crippen LogP contribution is 2.19. The Morgan fingerprint density at radius 3 is 2.80 bits per heavy atom. The Bertz CT molecular complexity index is 569. The van der Waals surface area contributed by atoms with Gasteiger partial charge in [-0.3, -0.25) is 14.6 Å². The molecule has 2 rings (SSSR count). The third-order valence-corrected chi connectivity index (χ3v) is 3.83. The summed E-state index contributed by atoms with van der Waals surface area (Å²) < 4.78 is 0. The van der Waals surface area contributed by atoms with Gasteiger partial charge in [-0.1, -0.05) is 13.0 Å². The normalized spacial score (nSPS) is 11.7. The van der Waals surface area contributed by atoms with Crippen molar-refractivity contribution in [3.05, 3.63) is 46.9 Å². The van der Waals surface area contributed by atoms with Gasteiger partial charge in [0.25, 0.3) is 0 Å². The van der Waals surface area contributed by atoms with Gasteiger partial charge in [0, 0.05) is 23.5 Å². The molecule has 0 aliphatic rings. The Morgan fingerprint density at radius 2 is 2.15 bits per heavy atom. The van der Waals surface area contributed by atoms with E-state index in [-0.39, 0.29) is 5.92 Å². The van der Waals surface area contributed by atoms with E-state index < -0.39 is 11.8 Å². The number of aromatic nitrogens is 1. The highest BCUT2D eigenvalue weighted by Gasteiger charge is 2.15. The number of hydrogen-bond acceptors (Lipinski definition) is 4. The molecular formula is C14H15N3O2S. The first-order chi connectivity index (χ1) is 9.66. The highest BCUT2D eigenvalue weighted by molar-refractivity contribution is 7.10. The summed E-state index contributed by atoms with van der Waals surface area (Å²) >= 11 is 1.63. The molecule has 1 unspecified atom stereocenters. The number of hydrogen-bond donors (Lipinski definition) is 2. The minimum absolute atomic E-state index is 0.185. The van der Waals surface area contributed by atoms with Gasteiger partial charge < -0.3 is 10.6 Å². The molecule has 0 radical (unpaired) electrons. The van der Waals surface area contributed by atoms with Crippen molar-refractivity contribution in [1.29, 1.82) is 0 Å². The van der Waals surface area contributed by atoms with Gasteiger partial charge >= 0.3 is 11.8 Å². The van der Waals surface area contributed by atoms with E-state index in [1.54, 1.807) is 29.7 Å². The second kappa shape index (κ2) is 6.81. The van der Waals surface area contributed by atoms with Crippen LogP contribution in [0.3, 0.4) is 0 Å². The Labute approximate surface area is 121 Å². The molecule has 1 atom stereocenters. The lowest BCUT2D eigenvalue weighted by atomic mass is 10.1. The zero-order chi connectivity index (χ0) is 14.4. The second-order valence-corrected chi connectivity index (χ2v) is 5.30. The van der Waals surface area contributed by atoms with Crippen molar-refractivity contribution in [1.82, 2.24) is 10.3 Å². The van der Waals surface area contributed by atoms with Crippen molar-refractivity contribution in [3.63, 3.8) is 0 Å². The average molecular weight is 289 g/mol. The maximum Gasteiger partial charge on any atom is 0.313 e. The highest BCUT2D eigenvalue weighted by atomic mass is 32.1. The summed E-state index contributed by atoms with van der Waals surface area (Å²) in [5.41, 5.74) is 0.499. The first-order valence-electron chi connectivity index (χ1n) is 6.19. The molecule has 0 aliphatic heterocycles. The van der Waals surface area contributed by atoms with Crippen molar-refractivity contribution >= 4 is 28.8 Å². The maximum absolute atomic E-state index is 11.7. The average Bonchev–Trinajstić information content (AvgIpc) is 2.99. The molecule has 0 saturated heterocycles. The lowest BCUT2D eigenvalue weighted by Gasteiger charge is -2.10. The quantitative estimate of drug-likeness (QED) is 0.846. The summed E-state index contributed by atoms with van der Waals surface area (Å²) in [6.45, 7) is 2.44. The van der Waals surface area contributed by atoms with E-state index in [2.05, 4.69) is 15.6 Å². The van der Waals surface area contributed by atoms with Crippen LogP contribution in [0.4, 0.5) is 5.69 Å². The predicted molar refractivity (Wildman–Crippen MR) is 78.6 cm³/mol. The molecule has 2 N–H and O–H groups in total. The smallest absolute Gasteiger partial charge is 0.313 e. The Balaban J connectivity index is 1.81. The second-order valence-electron chi connectivity index (χ2n) is 4.32. The molecule has 0 aliphatic carbocycles. The molecule has 2 amide bonds. The van der Waals surface area contributed by atoms with Gasteiger partial charge in [0.05, 0.1) is 11.9 Å². The molecule has 104 valence electrons. The molecule has 0 fully saturated rings. The van der Waals surface area contributed by atoms with Crippen LogP contribution in [0.5, 0.6) is 0 Å². The lowest BCUT2D eigenvalue weighted by Crippen LogP contribution is -2.37. The van der Waals surface area contributed by atoms with Crippen LogP contribution < -0.4 is 10.6 Å². The van der Waals surface area contributed by atoms with Gasteiger partial charge in [0.1, 0.15) is 0 Å². The molecule has 20 heavy (non-hydrogen) atoms. The molecule has 0 bridgehead atoms. The van der Waals surface area contributed by atoms with E-state index in [0.29, 0.717) is 12.2 Å². The topological polar surface area (TPSA) is 71.1 Å². The SMILES string of the molecule is CC(CNC(=O)C(=O)Nc1cccnc1)c1cccs1. The molecule has 0 saturated carbocycles. The number of rotatable bonds is 4. The molecule has 2 aromatic heterocycles. The van der Waals surface area contributed by atoms with E-state index in [1.165, 1.54) is 11.1 Å². The number of anilines is 1. The van der Waals surface area contributed by atoms with Gasteiger partial charge in [-0.2, -0.15) is 0 Å². The van der Waals surface area contributed by atoms with Gasteiger partial charge in [0.2, 0.25) is 0 Å².